The number of nitrogens with zero attached hydrogens (tertiary/aromatic N) is 1. The van der Waals surface area contributed by atoms with Gasteiger partial charge in [0.15, 0.2) is 0 Å². The van der Waals surface area contributed by atoms with Crippen LogP contribution in [0.25, 0.3) is 0 Å². The first-order valence-corrected chi connectivity index (χ1v) is 12.3. The Balaban J connectivity index is 1.42. The van der Waals surface area contributed by atoms with E-state index < -0.39 is 11.9 Å². The van der Waals surface area contributed by atoms with Gasteiger partial charge in [0.05, 0.1) is 11.5 Å². The number of carbonyl (C=O) groups excluding carboxylic acids is 1. The van der Waals surface area contributed by atoms with Crippen molar-refractivity contribution >= 4 is 29.2 Å². The van der Waals surface area contributed by atoms with Gasteiger partial charge in [-0.3, -0.25) is 0 Å². The first-order valence-electron chi connectivity index (χ1n) is 11.6. The number of carbonyl (C=O) groups is 1. The summed E-state index contributed by atoms with van der Waals surface area (Å²) in [6.45, 7) is 0.291. The second-order valence-electron chi connectivity index (χ2n) is 8.47. The normalized spacial score (nSPS) is 14.2. The summed E-state index contributed by atoms with van der Waals surface area (Å²) in [5.41, 5.74) is 9.12. The Morgan fingerprint density at radius 3 is 2.50 bits per heavy atom. The monoisotopic (exact) mass is 542 g/mol. The molecule has 1 aliphatic rings. The molecule has 188 valence electrons. The quantitative estimate of drug-likeness (QED) is 0.208. The minimum absolute atomic E-state index is 0.0198. The third-order valence-corrected chi connectivity index (χ3v) is 6.65. The van der Waals surface area contributed by atoms with Crippen LogP contribution in [0.4, 0.5) is 0 Å². The zero-order chi connectivity index (χ0) is 26.6. The van der Waals surface area contributed by atoms with E-state index in [1.807, 2.05) is 48.5 Å². The Kier molecular flexibility index (Phi) is 7.23. The molecule has 2 N–H and O–H groups in total. The lowest BCUT2D eigenvalue weighted by Gasteiger charge is -2.27. The van der Waals surface area contributed by atoms with E-state index in [0.717, 1.165) is 11.1 Å². The van der Waals surface area contributed by atoms with Crippen molar-refractivity contribution in [1.82, 2.24) is 0 Å². The van der Waals surface area contributed by atoms with Crippen LogP contribution in [0.1, 0.15) is 33.0 Å². The van der Waals surface area contributed by atoms with E-state index in [1.165, 1.54) is 0 Å². The van der Waals surface area contributed by atoms with Crippen LogP contribution >= 0.6 is 23.2 Å². The third kappa shape index (κ3) is 5.30. The lowest BCUT2D eigenvalue weighted by atomic mass is 9.83. The summed E-state index contributed by atoms with van der Waals surface area (Å²) in [6.07, 6.45) is 0. The summed E-state index contributed by atoms with van der Waals surface area (Å²) >= 11 is 12.2. The molecule has 0 aliphatic carbocycles. The fourth-order valence-corrected chi connectivity index (χ4v) is 4.47. The molecular weight excluding hydrogens is 523 g/mol. The molecule has 5 rings (SSSR count). The fraction of sp³-hybridized carbons (Fsp3) is 0.0667. The first-order chi connectivity index (χ1) is 18.4. The van der Waals surface area contributed by atoms with Gasteiger partial charge in [-0.1, -0.05) is 59.6 Å². The van der Waals surface area contributed by atoms with Gasteiger partial charge in [-0.2, -0.15) is 5.26 Å². The number of allylic oxidation sites excluding steroid dienone is 1. The van der Waals surface area contributed by atoms with E-state index in [4.69, 9.17) is 43.1 Å². The van der Waals surface area contributed by atoms with Crippen molar-refractivity contribution in [3.05, 3.63) is 135 Å². The third-order valence-electron chi connectivity index (χ3n) is 6.02. The van der Waals surface area contributed by atoms with Gasteiger partial charge in [-0.05, 0) is 54.1 Å². The molecule has 1 heterocycles. The van der Waals surface area contributed by atoms with Gasteiger partial charge in [-0.25, -0.2) is 4.79 Å². The lowest BCUT2D eigenvalue weighted by molar-refractivity contribution is 0.0734. The molecule has 0 amide bonds. The van der Waals surface area contributed by atoms with E-state index >= 15 is 0 Å². The minimum Gasteiger partial charge on any atom is -0.489 e. The van der Waals surface area contributed by atoms with Crippen LogP contribution in [-0.4, -0.2) is 5.97 Å². The average molecular weight is 543 g/mol. The number of rotatable bonds is 6. The van der Waals surface area contributed by atoms with Crippen LogP contribution in [0.15, 0.2) is 102 Å². The van der Waals surface area contributed by atoms with Gasteiger partial charge in [0.1, 0.15) is 35.5 Å². The summed E-state index contributed by atoms with van der Waals surface area (Å²) in [6, 6.07) is 28.4. The second kappa shape index (κ2) is 10.9. The maximum Gasteiger partial charge on any atom is 0.343 e. The fourth-order valence-electron chi connectivity index (χ4n) is 4.15. The van der Waals surface area contributed by atoms with Crippen molar-refractivity contribution in [2.75, 3.05) is 0 Å². The van der Waals surface area contributed by atoms with Crippen LogP contribution in [-0.2, 0) is 6.61 Å². The summed E-state index contributed by atoms with van der Waals surface area (Å²) in [5, 5.41) is 11.0. The number of nitrogens with two attached hydrogens (primary N) is 1. The van der Waals surface area contributed by atoms with Crippen LogP contribution in [0.5, 0.6) is 17.2 Å². The van der Waals surface area contributed by atoms with Crippen LogP contribution in [0.3, 0.4) is 0 Å². The lowest BCUT2D eigenvalue weighted by Crippen LogP contribution is -2.21. The summed E-state index contributed by atoms with van der Waals surface area (Å²) in [7, 11) is 0. The number of ether oxygens (including phenoxy) is 3. The van der Waals surface area contributed by atoms with E-state index in [2.05, 4.69) is 6.07 Å². The maximum absolute atomic E-state index is 12.6. The molecule has 1 aliphatic heterocycles. The molecule has 4 aromatic rings. The molecule has 0 saturated heterocycles. The summed E-state index contributed by atoms with van der Waals surface area (Å²) in [5.74, 6) is 0.198. The molecule has 0 radical (unpaired) electrons. The first kappa shape index (κ1) is 25.2. The highest BCUT2D eigenvalue weighted by atomic mass is 35.5. The molecule has 38 heavy (non-hydrogen) atoms. The van der Waals surface area contributed by atoms with Gasteiger partial charge in [-0.15, -0.1) is 0 Å². The van der Waals surface area contributed by atoms with Crippen LogP contribution in [0, 0.1) is 11.3 Å². The smallest absolute Gasteiger partial charge is 0.343 e. The topological polar surface area (TPSA) is 94.6 Å². The van der Waals surface area contributed by atoms with Crippen molar-refractivity contribution in [3.63, 3.8) is 0 Å². The van der Waals surface area contributed by atoms with Crippen LogP contribution < -0.4 is 19.9 Å². The van der Waals surface area contributed by atoms with Crippen molar-refractivity contribution in [3.8, 4) is 23.3 Å². The second-order valence-corrected chi connectivity index (χ2v) is 9.32. The predicted molar refractivity (Wildman–Crippen MR) is 144 cm³/mol. The van der Waals surface area contributed by atoms with E-state index in [1.54, 1.807) is 42.5 Å². The largest absolute Gasteiger partial charge is 0.489 e. The van der Waals surface area contributed by atoms with Crippen molar-refractivity contribution in [1.29, 1.82) is 5.26 Å². The highest BCUT2D eigenvalue weighted by Gasteiger charge is 2.31. The molecule has 1 atom stereocenters. The molecule has 4 aromatic carbocycles. The maximum atomic E-state index is 12.6. The zero-order valence-corrected chi connectivity index (χ0v) is 21.4. The molecule has 1 unspecified atom stereocenters. The molecule has 0 spiro atoms. The van der Waals surface area contributed by atoms with Gasteiger partial charge >= 0.3 is 5.97 Å². The van der Waals surface area contributed by atoms with E-state index in [-0.39, 0.29) is 17.2 Å². The number of fused-ring (bicyclic) bond motifs is 1. The Morgan fingerprint density at radius 1 is 0.947 bits per heavy atom. The molecule has 0 bridgehead atoms. The van der Waals surface area contributed by atoms with Gasteiger partial charge in [0.25, 0.3) is 0 Å². The molecule has 0 saturated carbocycles. The predicted octanol–water partition coefficient (Wildman–Crippen LogP) is 7.01. The van der Waals surface area contributed by atoms with Crippen molar-refractivity contribution in [2.45, 2.75) is 12.5 Å². The average Bonchev–Trinajstić information content (AvgIpc) is 2.92. The SMILES string of the molecule is N#CC1=C(N)Oc2cc(OC(=O)c3ccc(Cl)cc3)ccc2C1c1cccc(OCc2ccccc2Cl)c1. The van der Waals surface area contributed by atoms with Gasteiger partial charge < -0.3 is 19.9 Å². The Morgan fingerprint density at radius 2 is 1.74 bits per heavy atom. The summed E-state index contributed by atoms with van der Waals surface area (Å²) < 4.78 is 17.3. The Bertz CT molecular complexity index is 1590. The van der Waals surface area contributed by atoms with Gasteiger partial charge in [0, 0.05) is 27.2 Å². The molecule has 0 fully saturated rings. The van der Waals surface area contributed by atoms with Crippen LogP contribution in [0.2, 0.25) is 10.0 Å². The number of hydrogen-bond donors (Lipinski definition) is 1. The zero-order valence-electron chi connectivity index (χ0n) is 19.9. The highest BCUT2D eigenvalue weighted by molar-refractivity contribution is 6.31. The number of hydrogen-bond acceptors (Lipinski definition) is 6. The van der Waals surface area contributed by atoms with E-state index in [9.17, 15) is 10.1 Å². The summed E-state index contributed by atoms with van der Waals surface area (Å²) in [4.78, 5) is 12.6. The molecule has 0 aromatic heterocycles. The van der Waals surface area contributed by atoms with Crippen molar-refractivity contribution in [2.24, 2.45) is 5.73 Å². The minimum atomic E-state index is -0.543. The molecule has 6 nitrogen and oxygen atoms in total. The number of esters is 1. The number of nitriles is 1. The number of benzene rings is 4. The highest BCUT2D eigenvalue weighted by Crippen LogP contribution is 2.44. The molecular formula is C30H20Cl2N2O4. The van der Waals surface area contributed by atoms with E-state index in [0.29, 0.717) is 39.3 Å². The van der Waals surface area contributed by atoms with Gasteiger partial charge in [0.2, 0.25) is 5.88 Å². The molecule has 8 heteroatoms. The Labute approximate surface area is 229 Å². The Hall–Kier alpha value is -4.44. The van der Waals surface area contributed by atoms with Crippen molar-refractivity contribution < 1.29 is 19.0 Å². The standard InChI is InChI=1S/C30H20Cl2N2O4/c31-21-10-8-18(9-11-21)30(35)37-23-12-13-24-27(15-23)38-29(34)25(16-33)28(24)19-5-3-6-22(14-19)36-17-20-4-1-2-7-26(20)32/h1-15,28H,17,34H2. The number of halogens is 2.